The first-order valence-corrected chi connectivity index (χ1v) is 6.41. The lowest BCUT2D eigenvalue weighted by atomic mass is 9.84. The van der Waals surface area contributed by atoms with E-state index in [4.69, 9.17) is 0 Å². The fourth-order valence-electron chi connectivity index (χ4n) is 3.21. The SMILES string of the molecule is CCN1CC[C@@H]2[C@H](O)[C@H](n3cccn3)C=C[C@H]21. The molecule has 0 bridgehead atoms. The Hall–Kier alpha value is -1.13. The molecular formula is C13H19N3O. The van der Waals surface area contributed by atoms with E-state index in [1.54, 1.807) is 6.20 Å². The van der Waals surface area contributed by atoms with Gasteiger partial charge in [-0.25, -0.2) is 0 Å². The Morgan fingerprint density at radius 2 is 2.18 bits per heavy atom. The van der Waals surface area contributed by atoms with E-state index < -0.39 is 0 Å². The van der Waals surface area contributed by atoms with Gasteiger partial charge < -0.3 is 5.11 Å². The summed E-state index contributed by atoms with van der Waals surface area (Å²) in [5.41, 5.74) is 0. The first-order chi connectivity index (χ1) is 8.31. The topological polar surface area (TPSA) is 41.3 Å². The second-order valence-corrected chi connectivity index (χ2v) is 4.92. The smallest absolute Gasteiger partial charge is 0.0962 e. The second-order valence-electron chi connectivity index (χ2n) is 4.92. The first kappa shape index (κ1) is 11.0. The van der Waals surface area contributed by atoms with Crippen LogP contribution in [0.2, 0.25) is 0 Å². The number of likely N-dealkylation sites (N-methyl/N-ethyl adjacent to an activating group) is 1. The van der Waals surface area contributed by atoms with Gasteiger partial charge in [0.2, 0.25) is 0 Å². The molecule has 2 heterocycles. The summed E-state index contributed by atoms with van der Waals surface area (Å²) in [5.74, 6) is 0.356. The van der Waals surface area contributed by atoms with Gasteiger partial charge in [0.25, 0.3) is 0 Å². The summed E-state index contributed by atoms with van der Waals surface area (Å²) in [5, 5.41) is 14.7. The number of aliphatic hydroxyl groups is 1. The van der Waals surface area contributed by atoms with Gasteiger partial charge in [-0.2, -0.15) is 5.10 Å². The molecule has 4 nitrogen and oxygen atoms in total. The van der Waals surface area contributed by atoms with E-state index in [2.05, 4.69) is 29.1 Å². The molecule has 3 rings (SSSR count). The summed E-state index contributed by atoms with van der Waals surface area (Å²) in [4.78, 5) is 2.43. The molecule has 1 N–H and O–H groups in total. The molecule has 4 heteroatoms. The maximum absolute atomic E-state index is 10.5. The van der Waals surface area contributed by atoms with Crippen molar-refractivity contribution in [1.29, 1.82) is 0 Å². The summed E-state index contributed by atoms with van der Waals surface area (Å²) in [6, 6.07) is 2.32. The van der Waals surface area contributed by atoms with Crippen molar-refractivity contribution in [3.63, 3.8) is 0 Å². The van der Waals surface area contributed by atoms with Crippen molar-refractivity contribution in [2.45, 2.75) is 31.5 Å². The number of rotatable bonds is 2. The summed E-state index contributed by atoms with van der Waals surface area (Å²) in [6.45, 7) is 4.34. The molecule has 92 valence electrons. The fourth-order valence-corrected chi connectivity index (χ4v) is 3.21. The Labute approximate surface area is 102 Å². The van der Waals surface area contributed by atoms with Gasteiger partial charge in [0.05, 0.1) is 12.1 Å². The van der Waals surface area contributed by atoms with Crippen LogP contribution in [-0.4, -0.2) is 45.0 Å². The molecule has 0 aromatic carbocycles. The summed E-state index contributed by atoms with van der Waals surface area (Å²) in [7, 11) is 0. The molecule has 1 aliphatic heterocycles. The minimum absolute atomic E-state index is 0.00283. The van der Waals surface area contributed by atoms with Crippen LogP contribution < -0.4 is 0 Å². The van der Waals surface area contributed by atoms with Crippen LogP contribution in [0.5, 0.6) is 0 Å². The van der Waals surface area contributed by atoms with Crippen LogP contribution in [-0.2, 0) is 0 Å². The lowest BCUT2D eigenvalue weighted by Gasteiger charge is -2.35. The minimum Gasteiger partial charge on any atom is -0.390 e. The highest BCUT2D eigenvalue weighted by Gasteiger charge is 2.42. The van der Waals surface area contributed by atoms with E-state index in [-0.39, 0.29) is 12.1 Å². The molecule has 0 saturated carbocycles. The lowest BCUT2D eigenvalue weighted by molar-refractivity contribution is 0.0502. The molecule has 0 spiro atoms. The van der Waals surface area contributed by atoms with E-state index in [9.17, 15) is 5.11 Å². The summed E-state index contributed by atoms with van der Waals surface area (Å²) in [6.07, 6.45) is 8.81. The molecular weight excluding hydrogens is 214 g/mol. The average molecular weight is 233 g/mol. The Balaban J connectivity index is 1.86. The van der Waals surface area contributed by atoms with Crippen molar-refractivity contribution in [2.24, 2.45) is 5.92 Å². The average Bonchev–Trinajstić information content (AvgIpc) is 2.97. The van der Waals surface area contributed by atoms with Crippen LogP contribution in [0.25, 0.3) is 0 Å². The predicted molar refractivity (Wildman–Crippen MR) is 65.6 cm³/mol. The molecule has 0 unspecified atom stereocenters. The monoisotopic (exact) mass is 233 g/mol. The Morgan fingerprint density at radius 3 is 2.88 bits per heavy atom. The van der Waals surface area contributed by atoms with E-state index in [1.807, 2.05) is 16.9 Å². The highest BCUT2D eigenvalue weighted by Crippen LogP contribution is 2.36. The minimum atomic E-state index is -0.318. The number of likely N-dealkylation sites (tertiary alicyclic amines) is 1. The van der Waals surface area contributed by atoms with Gasteiger partial charge in [-0.05, 0) is 25.6 Å². The van der Waals surface area contributed by atoms with Gasteiger partial charge in [0.15, 0.2) is 0 Å². The zero-order chi connectivity index (χ0) is 11.8. The van der Waals surface area contributed by atoms with Crippen molar-refractivity contribution >= 4 is 0 Å². The van der Waals surface area contributed by atoms with Gasteiger partial charge in [-0.1, -0.05) is 19.1 Å². The van der Waals surface area contributed by atoms with Gasteiger partial charge in [0, 0.05) is 24.4 Å². The van der Waals surface area contributed by atoms with Crippen LogP contribution >= 0.6 is 0 Å². The summed E-state index contributed by atoms with van der Waals surface area (Å²) < 4.78 is 1.85. The maximum Gasteiger partial charge on any atom is 0.0962 e. The fraction of sp³-hybridized carbons (Fsp3) is 0.615. The van der Waals surface area contributed by atoms with Crippen molar-refractivity contribution in [1.82, 2.24) is 14.7 Å². The van der Waals surface area contributed by atoms with E-state index in [0.717, 1.165) is 19.5 Å². The highest BCUT2D eigenvalue weighted by molar-refractivity contribution is 5.14. The zero-order valence-electron chi connectivity index (χ0n) is 10.1. The van der Waals surface area contributed by atoms with Crippen molar-refractivity contribution in [2.75, 3.05) is 13.1 Å². The zero-order valence-corrected chi connectivity index (χ0v) is 10.1. The molecule has 1 aromatic rings. The highest BCUT2D eigenvalue weighted by atomic mass is 16.3. The van der Waals surface area contributed by atoms with Crippen molar-refractivity contribution in [3.8, 4) is 0 Å². The number of hydrogen-bond donors (Lipinski definition) is 1. The van der Waals surface area contributed by atoms with E-state index >= 15 is 0 Å². The standard InChI is InChI=1S/C13H19N3O/c1-2-15-9-6-10-11(15)4-5-12(13(10)17)16-8-3-7-14-16/h3-5,7-8,10-13,17H,2,6,9H2,1H3/t10-,11+,12+,13-/m0/s1. The van der Waals surface area contributed by atoms with Crippen LogP contribution in [0.3, 0.4) is 0 Å². The van der Waals surface area contributed by atoms with Gasteiger partial charge in [-0.15, -0.1) is 0 Å². The van der Waals surface area contributed by atoms with Gasteiger partial charge >= 0.3 is 0 Å². The first-order valence-electron chi connectivity index (χ1n) is 6.41. The normalized spacial score (nSPS) is 37.3. The quantitative estimate of drug-likeness (QED) is 0.777. The largest absolute Gasteiger partial charge is 0.390 e. The number of nitrogens with zero attached hydrogens (tertiary/aromatic N) is 3. The Morgan fingerprint density at radius 1 is 1.35 bits per heavy atom. The Kier molecular flexibility index (Phi) is 2.76. The molecule has 1 aliphatic carbocycles. The third-order valence-corrected chi connectivity index (χ3v) is 4.14. The number of hydrogen-bond acceptors (Lipinski definition) is 3. The van der Waals surface area contributed by atoms with Crippen LogP contribution in [0.15, 0.2) is 30.6 Å². The van der Waals surface area contributed by atoms with Gasteiger partial charge in [-0.3, -0.25) is 9.58 Å². The van der Waals surface area contributed by atoms with Crippen LogP contribution in [0.1, 0.15) is 19.4 Å². The molecule has 2 aliphatic rings. The molecule has 1 saturated heterocycles. The second kappa shape index (κ2) is 4.27. The summed E-state index contributed by atoms with van der Waals surface area (Å²) >= 11 is 0. The van der Waals surface area contributed by atoms with Crippen molar-refractivity contribution in [3.05, 3.63) is 30.6 Å². The Bertz CT molecular complexity index is 401. The van der Waals surface area contributed by atoms with Crippen LogP contribution in [0, 0.1) is 5.92 Å². The van der Waals surface area contributed by atoms with Gasteiger partial charge in [0.1, 0.15) is 0 Å². The van der Waals surface area contributed by atoms with Crippen molar-refractivity contribution < 1.29 is 5.11 Å². The molecule has 1 aromatic heterocycles. The number of aromatic nitrogens is 2. The molecule has 0 amide bonds. The molecule has 1 fully saturated rings. The number of fused-ring (bicyclic) bond motifs is 1. The molecule has 4 atom stereocenters. The van der Waals surface area contributed by atoms with E-state index in [1.165, 1.54) is 0 Å². The predicted octanol–water partition coefficient (Wildman–Crippen LogP) is 1.07. The third kappa shape index (κ3) is 1.72. The lowest BCUT2D eigenvalue weighted by Crippen LogP contribution is -2.42. The van der Waals surface area contributed by atoms with E-state index in [0.29, 0.717) is 12.0 Å². The molecule has 0 radical (unpaired) electrons. The number of aliphatic hydroxyl groups excluding tert-OH is 1. The van der Waals surface area contributed by atoms with Crippen LogP contribution in [0.4, 0.5) is 0 Å². The maximum atomic E-state index is 10.5. The third-order valence-electron chi connectivity index (χ3n) is 4.14. The molecule has 17 heavy (non-hydrogen) atoms.